The van der Waals surface area contributed by atoms with Gasteiger partial charge in [-0.15, -0.1) is 0 Å². The van der Waals surface area contributed by atoms with Crippen LogP contribution in [0, 0.1) is 5.82 Å². The first-order valence-corrected chi connectivity index (χ1v) is 8.86. The molecule has 2 aromatic carbocycles. The van der Waals surface area contributed by atoms with E-state index in [1.54, 1.807) is 12.1 Å². The molecule has 9 heteroatoms. The van der Waals surface area contributed by atoms with Gasteiger partial charge in [0.1, 0.15) is 12.4 Å². The molecule has 0 aromatic heterocycles. The van der Waals surface area contributed by atoms with Crippen molar-refractivity contribution in [1.29, 1.82) is 0 Å². The maximum atomic E-state index is 14.2. The third kappa shape index (κ3) is 3.05. The van der Waals surface area contributed by atoms with Crippen molar-refractivity contribution in [2.24, 2.45) is 0 Å². The Morgan fingerprint density at radius 1 is 1.00 bits per heavy atom. The molecule has 1 aliphatic heterocycles. The van der Waals surface area contributed by atoms with E-state index in [0.717, 1.165) is 10.4 Å². The Morgan fingerprint density at radius 3 is 2.16 bits per heavy atom. The van der Waals surface area contributed by atoms with Crippen LogP contribution in [0.2, 0.25) is 0 Å². The third-order valence-corrected chi connectivity index (χ3v) is 5.50. The lowest BCUT2D eigenvalue weighted by molar-refractivity contribution is 0.0150. The zero-order valence-corrected chi connectivity index (χ0v) is 14.1. The maximum Gasteiger partial charge on any atom is 0.331 e. The highest BCUT2D eigenvalue weighted by molar-refractivity contribution is 7.95. The zero-order chi connectivity index (χ0) is 18.2. The van der Waals surface area contributed by atoms with Crippen molar-refractivity contribution in [3.05, 3.63) is 54.3 Å². The van der Waals surface area contributed by atoms with Crippen LogP contribution in [0.25, 0.3) is 0 Å². The monoisotopic (exact) mass is 371 g/mol. The number of para-hydroxylation sites is 3. The summed E-state index contributed by atoms with van der Waals surface area (Å²) >= 11 is 0. The quantitative estimate of drug-likeness (QED) is 0.879. The average molecular weight is 371 g/mol. The van der Waals surface area contributed by atoms with Crippen molar-refractivity contribution < 1.29 is 21.6 Å². The molecule has 0 aliphatic carbocycles. The molecule has 0 saturated heterocycles. The van der Waals surface area contributed by atoms with E-state index in [1.807, 2.05) is 0 Å². The first-order valence-electron chi connectivity index (χ1n) is 7.47. The Labute approximate surface area is 143 Å². The second kappa shape index (κ2) is 6.23. The lowest BCUT2D eigenvalue weighted by atomic mass is 10.2. The first kappa shape index (κ1) is 17.6. The van der Waals surface area contributed by atoms with Crippen molar-refractivity contribution >= 4 is 27.3 Å². The summed E-state index contributed by atoms with van der Waals surface area (Å²) in [7, 11) is -3.04. The summed E-state index contributed by atoms with van der Waals surface area (Å²) in [6, 6.07) is 11.3. The molecule has 0 saturated carbocycles. The second-order valence-electron chi connectivity index (χ2n) is 5.61. The molecule has 0 amide bonds. The molecule has 25 heavy (non-hydrogen) atoms. The number of nitrogens with zero attached hydrogens (tertiary/aromatic N) is 2. The number of fused-ring (bicyclic) bond motifs is 1. The third-order valence-electron chi connectivity index (χ3n) is 3.76. The van der Waals surface area contributed by atoms with Gasteiger partial charge in [0.15, 0.2) is 0 Å². The van der Waals surface area contributed by atoms with E-state index in [1.165, 1.54) is 37.4 Å². The van der Waals surface area contributed by atoms with Crippen LogP contribution < -0.4 is 13.9 Å². The van der Waals surface area contributed by atoms with Crippen molar-refractivity contribution in [2.45, 2.75) is 5.92 Å². The molecule has 1 heterocycles. The van der Waals surface area contributed by atoms with Gasteiger partial charge in [-0.2, -0.15) is 8.42 Å². The van der Waals surface area contributed by atoms with Gasteiger partial charge in [-0.05, 0) is 31.3 Å². The minimum absolute atomic E-state index is 0.0848. The number of benzene rings is 2. The summed E-state index contributed by atoms with van der Waals surface area (Å²) in [5.74, 6) is -4.05. The zero-order valence-electron chi connectivity index (χ0n) is 13.3. The minimum Gasteiger partial charge on any atom is -0.314 e. The van der Waals surface area contributed by atoms with Gasteiger partial charge in [0.2, 0.25) is 0 Å². The Hall–Kier alpha value is -2.26. The van der Waals surface area contributed by atoms with Gasteiger partial charge in [0, 0.05) is 0 Å². The van der Waals surface area contributed by atoms with Crippen LogP contribution in [0.15, 0.2) is 48.5 Å². The fourth-order valence-corrected chi connectivity index (χ4v) is 4.51. The molecular formula is C16H16F3N3O2S. The Balaban J connectivity index is 2.13. The van der Waals surface area contributed by atoms with Crippen molar-refractivity contribution in [3.8, 4) is 0 Å². The lowest BCUT2D eigenvalue weighted by Gasteiger charge is -2.25. The maximum absolute atomic E-state index is 14.2. The van der Waals surface area contributed by atoms with Crippen LogP contribution in [0.4, 0.5) is 30.2 Å². The number of anilines is 3. The van der Waals surface area contributed by atoms with Gasteiger partial charge >= 0.3 is 10.2 Å². The number of alkyl halides is 2. The fourth-order valence-electron chi connectivity index (χ4n) is 2.76. The highest BCUT2D eigenvalue weighted by Gasteiger charge is 2.46. The predicted molar refractivity (Wildman–Crippen MR) is 90.1 cm³/mol. The highest BCUT2D eigenvalue weighted by atomic mass is 32.2. The minimum atomic E-state index is -4.40. The van der Waals surface area contributed by atoms with Crippen LogP contribution in [0.5, 0.6) is 0 Å². The van der Waals surface area contributed by atoms with Crippen molar-refractivity contribution in [3.63, 3.8) is 0 Å². The number of rotatable bonds is 5. The van der Waals surface area contributed by atoms with Gasteiger partial charge in [-0.1, -0.05) is 24.3 Å². The van der Waals surface area contributed by atoms with Crippen LogP contribution >= 0.6 is 0 Å². The number of hydrogen-bond acceptors (Lipinski definition) is 3. The largest absolute Gasteiger partial charge is 0.331 e. The van der Waals surface area contributed by atoms with E-state index >= 15 is 0 Å². The van der Waals surface area contributed by atoms with Crippen molar-refractivity contribution in [1.82, 2.24) is 5.32 Å². The van der Waals surface area contributed by atoms with E-state index in [-0.39, 0.29) is 17.1 Å². The van der Waals surface area contributed by atoms with Gasteiger partial charge in [-0.25, -0.2) is 21.8 Å². The van der Waals surface area contributed by atoms with Crippen molar-refractivity contribution in [2.75, 3.05) is 28.7 Å². The molecular weight excluding hydrogens is 355 g/mol. The van der Waals surface area contributed by atoms with E-state index in [0.29, 0.717) is 4.31 Å². The lowest BCUT2D eigenvalue weighted by Crippen LogP contribution is -2.46. The number of hydrogen-bond donors (Lipinski definition) is 1. The summed E-state index contributed by atoms with van der Waals surface area (Å²) < 4.78 is 69.5. The van der Waals surface area contributed by atoms with E-state index in [2.05, 4.69) is 5.32 Å². The Bertz CT molecular complexity index is 890. The summed E-state index contributed by atoms with van der Waals surface area (Å²) in [4.78, 5) is 0. The van der Waals surface area contributed by atoms with Crippen LogP contribution in [-0.4, -0.2) is 34.5 Å². The molecule has 2 aromatic rings. The van der Waals surface area contributed by atoms with Gasteiger partial charge in [-0.3, -0.25) is 0 Å². The topological polar surface area (TPSA) is 52.6 Å². The predicted octanol–water partition coefficient (Wildman–Crippen LogP) is 2.88. The molecule has 1 aliphatic rings. The van der Waals surface area contributed by atoms with Gasteiger partial charge < -0.3 is 5.32 Å². The summed E-state index contributed by atoms with van der Waals surface area (Å²) in [5.41, 5.74) is 0.00349. The van der Waals surface area contributed by atoms with Gasteiger partial charge in [0.25, 0.3) is 5.92 Å². The van der Waals surface area contributed by atoms with Crippen LogP contribution in [-0.2, 0) is 10.2 Å². The standard InChI is InChI=1S/C16H16F3N3O2S/c1-20-10-16(18,19)11-21-14-8-4-5-9-15(14)22(25(21,23)24)13-7-3-2-6-12(13)17/h2-9,20H,10-11H2,1H3. The number of nitrogens with one attached hydrogen (secondary N) is 1. The summed E-state index contributed by atoms with van der Waals surface area (Å²) in [6.45, 7) is -1.72. The molecule has 0 atom stereocenters. The molecule has 134 valence electrons. The molecule has 1 N–H and O–H groups in total. The van der Waals surface area contributed by atoms with Gasteiger partial charge in [0.05, 0.1) is 23.6 Å². The Morgan fingerprint density at radius 2 is 1.56 bits per heavy atom. The molecule has 0 spiro atoms. The number of halogens is 3. The molecule has 0 radical (unpaired) electrons. The Kier molecular flexibility index (Phi) is 4.38. The van der Waals surface area contributed by atoms with Crippen LogP contribution in [0.3, 0.4) is 0 Å². The first-order chi connectivity index (χ1) is 11.8. The van der Waals surface area contributed by atoms with E-state index in [9.17, 15) is 21.6 Å². The summed E-state index contributed by atoms with van der Waals surface area (Å²) in [6.07, 6.45) is 0. The highest BCUT2D eigenvalue weighted by Crippen LogP contribution is 2.46. The summed E-state index contributed by atoms with van der Waals surface area (Å²) in [5, 5.41) is 2.34. The smallest absolute Gasteiger partial charge is 0.314 e. The van der Waals surface area contributed by atoms with E-state index in [4.69, 9.17) is 0 Å². The molecule has 0 unspecified atom stereocenters. The fraction of sp³-hybridized carbons (Fsp3) is 0.250. The second-order valence-corrected chi connectivity index (χ2v) is 7.31. The molecule has 0 bridgehead atoms. The van der Waals surface area contributed by atoms with E-state index < -0.39 is 35.0 Å². The average Bonchev–Trinajstić information content (AvgIpc) is 2.75. The molecule has 0 fully saturated rings. The molecule has 5 nitrogen and oxygen atoms in total. The van der Waals surface area contributed by atoms with Crippen LogP contribution in [0.1, 0.15) is 0 Å². The SMILES string of the molecule is CNCC(F)(F)CN1c2ccccc2N(c2ccccc2F)S1(=O)=O. The molecule has 3 rings (SSSR count). The normalized spacial score (nSPS) is 16.2.